The second-order valence-electron chi connectivity index (χ2n) is 3.29. The monoisotopic (exact) mass is 170 g/mol. The molecule has 12 heavy (non-hydrogen) atoms. The van der Waals surface area contributed by atoms with Gasteiger partial charge in [-0.15, -0.1) is 0 Å². The minimum absolute atomic E-state index is 0.207. The van der Waals surface area contributed by atoms with E-state index >= 15 is 0 Å². The van der Waals surface area contributed by atoms with Gasteiger partial charge < -0.3 is 4.90 Å². The van der Waals surface area contributed by atoms with E-state index in [0.29, 0.717) is 0 Å². The number of carbonyl (C=O) groups is 1. The molecule has 0 saturated heterocycles. The van der Waals surface area contributed by atoms with E-state index < -0.39 is 0 Å². The Bertz CT molecular complexity index is 126. The van der Waals surface area contributed by atoms with Gasteiger partial charge in [0.2, 0.25) is 5.91 Å². The van der Waals surface area contributed by atoms with Crippen LogP contribution >= 0.6 is 0 Å². The highest BCUT2D eigenvalue weighted by atomic mass is 16.2. The van der Waals surface area contributed by atoms with Crippen LogP contribution in [0.3, 0.4) is 0 Å². The highest BCUT2D eigenvalue weighted by molar-refractivity contribution is 5.88. The van der Waals surface area contributed by atoms with Crippen molar-refractivity contribution in [2.75, 3.05) is 13.1 Å². The van der Waals surface area contributed by atoms with Crippen molar-refractivity contribution < 1.29 is 4.79 Å². The van der Waals surface area contributed by atoms with E-state index in [1.165, 1.54) is 0 Å². The minimum Gasteiger partial charge on any atom is -0.342 e. The molecule has 0 rings (SSSR count). The van der Waals surface area contributed by atoms with Crippen molar-refractivity contribution in [3.05, 3.63) is 5.92 Å². The van der Waals surface area contributed by atoms with Gasteiger partial charge in [0, 0.05) is 13.1 Å². The summed E-state index contributed by atoms with van der Waals surface area (Å²) in [5, 5.41) is 0. The van der Waals surface area contributed by atoms with Gasteiger partial charge in [0.25, 0.3) is 0 Å². The van der Waals surface area contributed by atoms with Crippen LogP contribution in [0.2, 0.25) is 0 Å². The lowest BCUT2D eigenvalue weighted by molar-refractivity contribution is -0.129. The number of hydrogen-bond donors (Lipinski definition) is 0. The first-order valence-corrected chi connectivity index (χ1v) is 4.72. The fraction of sp³-hybridized carbons (Fsp3) is 0.800. The lowest BCUT2D eigenvalue weighted by Crippen LogP contribution is -2.34. The van der Waals surface area contributed by atoms with Gasteiger partial charge in [-0.2, -0.15) is 0 Å². The molecule has 0 aromatic heterocycles. The Labute approximate surface area is 75.9 Å². The number of carbonyl (C=O) groups excluding carboxylic acids is 1. The van der Waals surface area contributed by atoms with E-state index in [2.05, 4.69) is 13.8 Å². The highest BCUT2D eigenvalue weighted by Gasteiger charge is 2.14. The van der Waals surface area contributed by atoms with Crippen molar-refractivity contribution in [2.45, 2.75) is 40.5 Å². The van der Waals surface area contributed by atoms with Crippen LogP contribution in [-0.2, 0) is 4.79 Å². The zero-order valence-corrected chi connectivity index (χ0v) is 8.68. The third-order valence-electron chi connectivity index (χ3n) is 1.70. The predicted octanol–water partition coefficient (Wildman–Crippen LogP) is 2.25. The van der Waals surface area contributed by atoms with E-state index in [4.69, 9.17) is 0 Å². The first-order valence-electron chi connectivity index (χ1n) is 4.72. The Morgan fingerprint density at radius 2 is 1.50 bits per heavy atom. The molecule has 2 nitrogen and oxygen atoms in total. The van der Waals surface area contributed by atoms with Crippen molar-refractivity contribution in [3.63, 3.8) is 0 Å². The molecule has 0 aliphatic rings. The van der Waals surface area contributed by atoms with E-state index in [1.54, 1.807) is 0 Å². The second-order valence-corrected chi connectivity index (χ2v) is 3.29. The van der Waals surface area contributed by atoms with Crippen LogP contribution in [0.25, 0.3) is 0 Å². The molecule has 0 aromatic rings. The molecule has 0 aliphatic heterocycles. The fourth-order valence-electron chi connectivity index (χ4n) is 1.17. The van der Waals surface area contributed by atoms with Gasteiger partial charge in [-0.05, 0) is 26.7 Å². The number of hydrogen-bond acceptors (Lipinski definition) is 1. The van der Waals surface area contributed by atoms with Crippen molar-refractivity contribution in [3.8, 4) is 0 Å². The molecule has 0 spiro atoms. The normalized spacial score (nSPS) is 10.4. The molecule has 0 aliphatic carbocycles. The van der Waals surface area contributed by atoms with Gasteiger partial charge in [-0.1, -0.05) is 13.8 Å². The maximum Gasteiger partial charge on any atom is 0.229 e. The summed E-state index contributed by atoms with van der Waals surface area (Å²) < 4.78 is 0. The van der Waals surface area contributed by atoms with E-state index in [9.17, 15) is 4.79 Å². The molecule has 0 N–H and O–H groups in total. The Hall–Kier alpha value is -0.530. The van der Waals surface area contributed by atoms with Crippen molar-refractivity contribution in [1.29, 1.82) is 0 Å². The van der Waals surface area contributed by atoms with Gasteiger partial charge in [-0.3, -0.25) is 4.79 Å². The van der Waals surface area contributed by atoms with Crippen LogP contribution in [0.1, 0.15) is 40.5 Å². The SMILES string of the molecule is CCCN(CCC)C(=O)[C](C)C. The lowest BCUT2D eigenvalue weighted by Gasteiger charge is -2.22. The maximum atomic E-state index is 11.5. The van der Waals surface area contributed by atoms with Crippen LogP contribution in [0, 0.1) is 5.92 Å². The van der Waals surface area contributed by atoms with Crippen molar-refractivity contribution in [1.82, 2.24) is 4.90 Å². The molecule has 0 aromatic carbocycles. The van der Waals surface area contributed by atoms with Gasteiger partial charge in [0.1, 0.15) is 0 Å². The summed E-state index contributed by atoms with van der Waals surface area (Å²) in [7, 11) is 0. The number of nitrogens with zero attached hydrogens (tertiary/aromatic N) is 1. The lowest BCUT2D eigenvalue weighted by atomic mass is 10.2. The number of rotatable bonds is 5. The Morgan fingerprint density at radius 3 is 1.75 bits per heavy atom. The smallest absolute Gasteiger partial charge is 0.229 e. The summed E-state index contributed by atoms with van der Waals surface area (Å²) in [5.41, 5.74) is 0. The Morgan fingerprint density at radius 1 is 1.08 bits per heavy atom. The molecular formula is C10H20NO. The van der Waals surface area contributed by atoms with Gasteiger partial charge >= 0.3 is 0 Å². The fourth-order valence-corrected chi connectivity index (χ4v) is 1.17. The summed E-state index contributed by atoms with van der Waals surface area (Å²) in [6, 6.07) is 0. The highest BCUT2D eigenvalue weighted by Crippen LogP contribution is 2.04. The molecular weight excluding hydrogens is 150 g/mol. The molecule has 1 amide bonds. The molecule has 71 valence electrons. The quantitative estimate of drug-likeness (QED) is 0.619. The van der Waals surface area contributed by atoms with E-state index in [1.807, 2.05) is 18.7 Å². The molecule has 0 saturated carbocycles. The molecule has 0 unspecified atom stereocenters. The average Bonchev–Trinajstić information content (AvgIpc) is 2.03. The molecule has 0 fully saturated rings. The molecule has 0 bridgehead atoms. The zero-order chi connectivity index (χ0) is 9.56. The number of amides is 1. The average molecular weight is 170 g/mol. The van der Waals surface area contributed by atoms with Crippen LogP contribution in [0.5, 0.6) is 0 Å². The Kier molecular flexibility index (Phi) is 5.77. The third kappa shape index (κ3) is 3.74. The van der Waals surface area contributed by atoms with Crippen LogP contribution < -0.4 is 0 Å². The van der Waals surface area contributed by atoms with E-state index in [-0.39, 0.29) is 5.91 Å². The Balaban J connectivity index is 3.99. The summed E-state index contributed by atoms with van der Waals surface area (Å²) >= 11 is 0. The molecule has 1 radical (unpaired) electrons. The summed E-state index contributed by atoms with van der Waals surface area (Å²) in [4.78, 5) is 13.4. The van der Waals surface area contributed by atoms with Gasteiger partial charge in [-0.25, -0.2) is 0 Å². The third-order valence-corrected chi connectivity index (χ3v) is 1.70. The summed E-state index contributed by atoms with van der Waals surface area (Å²) in [6.45, 7) is 9.72. The first-order chi connectivity index (χ1) is 5.63. The molecule has 0 heterocycles. The van der Waals surface area contributed by atoms with E-state index in [0.717, 1.165) is 31.8 Å². The van der Waals surface area contributed by atoms with Gasteiger partial charge in [0.05, 0.1) is 5.92 Å². The predicted molar refractivity (Wildman–Crippen MR) is 51.8 cm³/mol. The topological polar surface area (TPSA) is 20.3 Å². The van der Waals surface area contributed by atoms with Crippen LogP contribution in [0.4, 0.5) is 0 Å². The molecule has 2 heteroatoms. The van der Waals surface area contributed by atoms with Crippen molar-refractivity contribution in [2.24, 2.45) is 0 Å². The van der Waals surface area contributed by atoms with Crippen LogP contribution in [0.15, 0.2) is 0 Å². The summed E-state index contributed by atoms with van der Waals surface area (Å²) in [6.07, 6.45) is 2.08. The standard InChI is InChI=1S/C10H20NO/c1-5-7-11(8-6-2)10(12)9(3)4/h5-8H2,1-4H3. The van der Waals surface area contributed by atoms with Crippen molar-refractivity contribution >= 4 is 5.91 Å². The maximum absolute atomic E-state index is 11.5. The largest absolute Gasteiger partial charge is 0.342 e. The first kappa shape index (κ1) is 11.5. The van der Waals surface area contributed by atoms with Gasteiger partial charge in [0.15, 0.2) is 0 Å². The molecule has 0 atom stereocenters. The summed E-state index contributed by atoms with van der Waals surface area (Å²) in [5.74, 6) is 1.09. The minimum atomic E-state index is 0.207. The second kappa shape index (κ2) is 6.04. The van der Waals surface area contributed by atoms with Crippen LogP contribution in [-0.4, -0.2) is 23.9 Å². The zero-order valence-electron chi connectivity index (χ0n) is 8.68.